The molecule has 1 atom stereocenters. The van der Waals surface area contributed by atoms with Crippen LogP contribution in [-0.2, 0) is 16.7 Å². The minimum atomic E-state index is 0.0792. The lowest BCUT2D eigenvalue weighted by molar-refractivity contribution is -0.104. The Hall–Kier alpha value is -1.49. The second-order valence-corrected chi connectivity index (χ2v) is 8.46. The Morgan fingerprint density at radius 1 is 1.07 bits per heavy atom. The first kappa shape index (κ1) is 18.9. The summed E-state index contributed by atoms with van der Waals surface area (Å²) in [5.41, 5.74) is 2.57. The molecule has 0 unspecified atom stereocenters. The zero-order chi connectivity index (χ0) is 18.6. The Bertz CT molecular complexity index is 731. The van der Waals surface area contributed by atoms with Gasteiger partial charge in [0.05, 0.1) is 5.60 Å². The van der Waals surface area contributed by atoms with Crippen molar-refractivity contribution >= 4 is 11.6 Å². The molecule has 0 bridgehead atoms. The molecule has 27 heavy (non-hydrogen) atoms. The number of nitrogens with one attached hydrogen (secondary N) is 1. The molecule has 2 aliphatic rings. The van der Waals surface area contributed by atoms with E-state index in [9.17, 15) is 0 Å². The second-order valence-electron chi connectivity index (χ2n) is 8.08. The van der Waals surface area contributed by atoms with E-state index < -0.39 is 0 Å². The molecule has 1 aliphatic carbocycles. The predicted octanol–water partition coefficient (Wildman–Crippen LogP) is 4.67. The minimum Gasteiger partial charge on any atom is -0.375 e. The number of rotatable bonds is 6. The number of aromatic nitrogens is 2. The Morgan fingerprint density at radius 2 is 1.96 bits per heavy atom. The summed E-state index contributed by atoms with van der Waals surface area (Å²) >= 11 is 5.87. The van der Waals surface area contributed by atoms with Crippen LogP contribution in [0, 0.1) is 0 Å². The summed E-state index contributed by atoms with van der Waals surface area (Å²) < 4.78 is 6.32. The van der Waals surface area contributed by atoms with Crippen LogP contribution in [0.4, 0.5) is 0 Å². The molecule has 2 aromatic rings. The van der Waals surface area contributed by atoms with E-state index in [-0.39, 0.29) is 11.0 Å². The highest BCUT2D eigenvalue weighted by Gasteiger charge is 2.48. The summed E-state index contributed by atoms with van der Waals surface area (Å²) in [6.45, 7) is 2.61. The summed E-state index contributed by atoms with van der Waals surface area (Å²) in [6, 6.07) is 10.2. The zero-order valence-corrected chi connectivity index (χ0v) is 16.5. The lowest BCUT2D eigenvalue weighted by atomic mass is 9.68. The summed E-state index contributed by atoms with van der Waals surface area (Å²) in [6.07, 6.45) is 12.0. The second kappa shape index (κ2) is 8.26. The van der Waals surface area contributed by atoms with Crippen LogP contribution in [0.2, 0.25) is 5.15 Å². The van der Waals surface area contributed by atoms with E-state index >= 15 is 0 Å². The van der Waals surface area contributed by atoms with Crippen molar-refractivity contribution in [2.45, 2.75) is 62.5 Å². The van der Waals surface area contributed by atoms with Crippen LogP contribution < -0.4 is 5.32 Å². The van der Waals surface area contributed by atoms with E-state index in [4.69, 9.17) is 21.3 Å². The molecule has 0 aromatic carbocycles. The summed E-state index contributed by atoms with van der Waals surface area (Å²) in [4.78, 5) is 8.92. The monoisotopic (exact) mass is 385 g/mol. The molecule has 1 aliphatic heterocycles. The summed E-state index contributed by atoms with van der Waals surface area (Å²) in [7, 11) is 0. The van der Waals surface area contributed by atoms with Crippen molar-refractivity contribution in [3.05, 3.63) is 59.1 Å². The van der Waals surface area contributed by atoms with Crippen molar-refractivity contribution in [3.8, 4) is 0 Å². The van der Waals surface area contributed by atoms with Crippen molar-refractivity contribution < 1.29 is 4.74 Å². The maximum Gasteiger partial charge on any atom is 0.129 e. The molecule has 1 saturated heterocycles. The molecule has 4 rings (SSSR count). The Labute approximate surface area is 166 Å². The third kappa shape index (κ3) is 4.34. The molecular formula is C22H28ClN3O. The third-order valence-electron chi connectivity index (χ3n) is 6.27. The van der Waals surface area contributed by atoms with Crippen LogP contribution >= 0.6 is 11.6 Å². The van der Waals surface area contributed by atoms with Gasteiger partial charge in [-0.1, -0.05) is 36.6 Å². The number of hydrogen-bond donors (Lipinski definition) is 1. The fraction of sp³-hybridized carbons (Fsp3) is 0.545. The lowest BCUT2D eigenvalue weighted by Gasteiger charge is -2.46. The molecule has 3 heterocycles. The zero-order valence-electron chi connectivity index (χ0n) is 15.8. The van der Waals surface area contributed by atoms with Crippen LogP contribution in [-0.4, -0.2) is 28.7 Å². The predicted molar refractivity (Wildman–Crippen MR) is 108 cm³/mol. The normalized spacial score (nSPS) is 24.3. The molecule has 5 heteroatoms. The average Bonchev–Trinajstić information content (AvgIpc) is 3.15. The number of nitrogens with zero attached hydrogens (tertiary/aromatic N) is 2. The van der Waals surface area contributed by atoms with Gasteiger partial charge in [0.15, 0.2) is 0 Å². The van der Waals surface area contributed by atoms with Crippen LogP contribution in [0.5, 0.6) is 0 Å². The van der Waals surface area contributed by atoms with Gasteiger partial charge in [-0.3, -0.25) is 4.98 Å². The first-order valence-electron chi connectivity index (χ1n) is 10.1. The molecular weight excluding hydrogens is 358 g/mol. The van der Waals surface area contributed by atoms with E-state index in [1.807, 2.05) is 30.6 Å². The highest BCUT2D eigenvalue weighted by atomic mass is 35.5. The quantitative estimate of drug-likeness (QED) is 0.579. The smallest absolute Gasteiger partial charge is 0.129 e. The van der Waals surface area contributed by atoms with E-state index in [0.717, 1.165) is 44.5 Å². The van der Waals surface area contributed by atoms with Crippen molar-refractivity contribution in [1.29, 1.82) is 0 Å². The van der Waals surface area contributed by atoms with Gasteiger partial charge in [-0.05, 0) is 62.4 Å². The number of ether oxygens (including phenoxy) is 1. The van der Waals surface area contributed by atoms with E-state index in [0.29, 0.717) is 5.15 Å². The maximum absolute atomic E-state index is 6.32. The number of halogens is 1. The summed E-state index contributed by atoms with van der Waals surface area (Å²) in [5.74, 6) is 0. The van der Waals surface area contributed by atoms with Gasteiger partial charge in [-0.2, -0.15) is 0 Å². The van der Waals surface area contributed by atoms with Crippen molar-refractivity contribution in [1.82, 2.24) is 15.3 Å². The molecule has 2 aromatic heterocycles. The van der Waals surface area contributed by atoms with E-state index in [1.165, 1.54) is 31.4 Å². The highest BCUT2D eigenvalue weighted by Crippen LogP contribution is 2.49. The Morgan fingerprint density at radius 3 is 2.70 bits per heavy atom. The molecule has 4 nitrogen and oxygen atoms in total. The van der Waals surface area contributed by atoms with Crippen LogP contribution in [0.1, 0.15) is 56.2 Å². The third-order valence-corrected chi connectivity index (χ3v) is 6.49. The molecule has 0 amide bonds. The van der Waals surface area contributed by atoms with Gasteiger partial charge in [0.2, 0.25) is 0 Å². The van der Waals surface area contributed by atoms with E-state index in [1.54, 1.807) is 0 Å². The Balaban J connectivity index is 1.45. The van der Waals surface area contributed by atoms with Gasteiger partial charge >= 0.3 is 0 Å². The number of pyridine rings is 2. The largest absolute Gasteiger partial charge is 0.375 e. The molecule has 1 N–H and O–H groups in total. The highest BCUT2D eigenvalue weighted by molar-refractivity contribution is 6.29. The van der Waals surface area contributed by atoms with Crippen LogP contribution in [0.25, 0.3) is 0 Å². The van der Waals surface area contributed by atoms with Gasteiger partial charge in [0, 0.05) is 36.7 Å². The first-order valence-corrected chi connectivity index (χ1v) is 10.4. The van der Waals surface area contributed by atoms with Gasteiger partial charge < -0.3 is 10.1 Å². The van der Waals surface area contributed by atoms with Crippen LogP contribution in [0.3, 0.4) is 0 Å². The van der Waals surface area contributed by atoms with Gasteiger partial charge in [-0.25, -0.2) is 4.98 Å². The van der Waals surface area contributed by atoms with Crippen molar-refractivity contribution in [3.63, 3.8) is 0 Å². The molecule has 0 radical (unpaired) electrons. The van der Waals surface area contributed by atoms with Gasteiger partial charge in [0.1, 0.15) is 5.15 Å². The molecule has 1 spiro atoms. The van der Waals surface area contributed by atoms with Gasteiger partial charge in [0.25, 0.3) is 0 Å². The van der Waals surface area contributed by atoms with Crippen molar-refractivity contribution in [2.24, 2.45) is 0 Å². The topological polar surface area (TPSA) is 47.0 Å². The maximum atomic E-state index is 6.32. The van der Waals surface area contributed by atoms with Crippen LogP contribution in [0.15, 0.2) is 42.7 Å². The number of hydrogen-bond acceptors (Lipinski definition) is 4. The fourth-order valence-corrected chi connectivity index (χ4v) is 4.98. The lowest BCUT2D eigenvalue weighted by Crippen LogP contribution is -2.47. The molecule has 1 saturated carbocycles. The SMILES string of the molecule is Clc1ccc(CNCC[C@@]2(c3ccccn3)CCOC3(CCCC3)C2)cn1. The fourth-order valence-electron chi connectivity index (χ4n) is 4.87. The Kier molecular flexibility index (Phi) is 5.76. The van der Waals surface area contributed by atoms with Crippen molar-refractivity contribution in [2.75, 3.05) is 13.2 Å². The van der Waals surface area contributed by atoms with E-state index in [2.05, 4.69) is 22.4 Å². The summed E-state index contributed by atoms with van der Waals surface area (Å²) in [5, 5.41) is 4.13. The average molecular weight is 386 g/mol. The minimum absolute atomic E-state index is 0.0792. The standard InChI is InChI=1S/C22H28ClN3O/c23-20-7-6-18(16-26-20)15-24-13-10-21(19-5-1-4-12-25-19)11-14-27-22(17-21)8-2-3-9-22/h1,4-7,12,16,24H,2-3,8-11,13-15,17H2/t21-/m1/s1. The molecule has 144 valence electrons. The molecule has 2 fully saturated rings. The first-order chi connectivity index (χ1) is 13.2. The van der Waals surface area contributed by atoms with Gasteiger partial charge in [-0.15, -0.1) is 0 Å².